The Morgan fingerprint density at radius 3 is 2.40 bits per heavy atom. The summed E-state index contributed by atoms with van der Waals surface area (Å²) >= 11 is 0. The molecule has 218 valence electrons. The zero-order chi connectivity index (χ0) is 29.6. The highest BCUT2D eigenvalue weighted by Crippen LogP contribution is 2.22. The lowest BCUT2D eigenvalue weighted by atomic mass is 10.1. The molecule has 2 amide bonds. The number of carbonyl (C=O) groups excluding carboxylic acids is 2. The van der Waals surface area contributed by atoms with Crippen LogP contribution in [0.25, 0.3) is 0 Å². The number of nitrogens with zero attached hydrogens (tertiary/aromatic N) is 5. The Bertz CT molecular complexity index is 1560. The molecule has 1 fully saturated rings. The Kier molecular flexibility index (Phi) is 8.66. The smallest absolute Gasteiger partial charge is 0.289 e. The number of anilines is 1. The molecule has 0 saturated carbocycles. The molecule has 0 spiro atoms. The number of furan rings is 1. The van der Waals surface area contributed by atoms with E-state index in [0.29, 0.717) is 51.6 Å². The maximum Gasteiger partial charge on any atom is 0.289 e. The molecular formula is C31H32FN5O5. The molecule has 1 aliphatic rings. The van der Waals surface area contributed by atoms with Gasteiger partial charge in [0.05, 0.1) is 23.6 Å². The normalized spacial score (nSPS) is 13.3. The number of hydrogen-bond donors (Lipinski definition) is 0. The number of rotatable bonds is 10. The summed E-state index contributed by atoms with van der Waals surface area (Å²) in [6.07, 6.45) is 2.61. The number of non-ortho nitro benzene ring substituents is 1. The van der Waals surface area contributed by atoms with Gasteiger partial charge in [0.25, 0.3) is 17.5 Å². The highest BCUT2D eigenvalue weighted by Gasteiger charge is 2.25. The Hall–Kier alpha value is -4.93. The molecule has 11 heteroatoms. The van der Waals surface area contributed by atoms with Gasteiger partial charge in [0.2, 0.25) is 0 Å². The number of aromatic nitrogens is 1. The second kappa shape index (κ2) is 12.7. The number of benzene rings is 2. The van der Waals surface area contributed by atoms with E-state index in [-0.39, 0.29) is 28.8 Å². The molecule has 3 heterocycles. The number of carbonyl (C=O) groups is 2. The van der Waals surface area contributed by atoms with Crippen molar-refractivity contribution in [3.05, 3.63) is 118 Å². The minimum absolute atomic E-state index is 0.0440. The Morgan fingerprint density at radius 1 is 0.976 bits per heavy atom. The lowest BCUT2D eigenvalue weighted by molar-refractivity contribution is -0.384. The maximum atomic E-state index is 14.3. The lowest BCUT2D eigenvalue weighted by Gasteiger charge is -2.35. The van der Waals surface area contributed by atoms with Crippen molar-refractivity contribution in [2.24, 2.45) is 0 Å². The molecule has 0 unspecified atom stereocenters. The Balaban J connectivity index is 1.20. The second-order valence-corrected chi connectivity index (χ2v) is 10.2. The van der Waals surface area contributed by atoms with Gasteiger partial charge >= 0.3 is 0 Å². The van der Waals surface area contributed by atoms with Crippen LogP contribution in [-0.4, -0.2) is 63.8 Å². The molecular weight excluding hydrogens is 541 g/mol. The van der Waals surface area contributed by atoms with Crippen LogP contribution in [0.5, 0.6) is 0 Å². The van der Waals surface area contributed by atoms with Crippen LogP contribution in [0.15, 0.2) is 83.4 Å². The van der Waals surface area contributed by atoms with Gasteiger partial charge in [-0.15, -0.1) is 0 Å². The number of amides is 2. The molecule has 0 N–H and O–H groups in total. The first-order valence-electron chi connectivity index (χ1n) is 13.9. The van der Waals surface area contributed by atoms with E-state index in [1.807, 2.05) is 29.8 Å². The lowest BCUT2D eigenvalue weighted by Crippen LogP contribution is -2.48. The molecule has 0 aliphatic carbocycles. The standard InChI is InChI=1S/C31H32FN5O5/c1-2-15-36(30(38)27-7-3-4-8-28(27)32)21-25-6-5-16-35(25)22-26-13-14-29(42-26)31(39)34-19-17-33(18-20-34)23-9-11-24(12-10-23)37(40)41/h3-14,16H,2,15,17-22H2,1H3. The van der Waals surface area contributed by atoms with Crippen LogP contribution in [0, 0.1) is 15.9 Å². The second-order valence-electron chi connectivity index (χ2n) is 10.2. The molecule has 10 nitrogen and oxygen atoms in total. The Labute approximate surface area is 242 Å². The number of nitro benzene ring substituents is 1. The fourth-order valence-electron chi connectivity index (χ4n) is 5.12. The first-order valence-corrected chi connectivity index (χ1v) is 13.9. The average molecular weight is 574 g/mol. The van der Waals surface area contributed by atoms with Crippen LogP contribution < -0.4 is 4.90 Å². The maximum absolute atomic E-state index is 14.3. The topological polar surface area (TPSA) is 105 Å². The fourth-order valence-corrected chi connectivity index (χ4v) is 5.12. The molecule has 4 aromatic rings. The van der Waals surface area contributed by atoms with Crippen molar-refractivity contribution in [2.45, 2.75) is 26.4 Å². The van der Waals surface area contributed by atoms with E-state index in [0.717, 1.165) is 17.8 Å². The summed E-state index contributed by atoms with van der Waals surface area (Å²) in [5, 5.41) is 10.9. The summed E-state index contributed by atoms with van der Waals surface area (Å²) in [5.41, 5.74) is 1.83. The third-order valence-corrected chi connectivity index (χ3v) is 7.35. The van der Waals surface area contributed by atoms with Crippen molar-refractivity contribution in [2.75, 3.05) is 37.6 Å². The van der Waals surface area contributed by atoms with Gasteiger partial charge in [-0.25, -0.2) is 4.39 Å². The van der Waals surface area contributed by atoms with Crippen molar-refractivity contribution in [3.8, 4) is 0 Å². The van der Waals surface area contributed by atoms with Gasteiger partial charge in [0, 0.05) is 62.4 Å². The highest BCUT2D eigenvalue weighted by molar-refractivity contribution is 5.94. The van der Waals surface area contributed by atoms with Crippen LogP contribution in [0.3, 0.4) is 0 Å². The van der Waals surface area contributed by atoms with Gasteiger partial charge in [-0.1, -0.05) is 19.1 Å². The summed E-state index contributed by atoms with van der Waals surface area (Å²) in [7, 11) is 0. The van der Waals surface area contributed by atoms with E-state index in [4.69, 9.17) is 4.42 Å². The van der Waals surface area contributed by atoms with E-state index >= 15 is 0 Å². The molecule has 5 rings (SSSR count). The molecule has 1 aliphatic heterocycles. The minimum Gasteiger partial charge on any atom is -0.454 e. The molecule has 0 atom stereocenters. The van der Waals surface area contributed by atoms with Crippen molar-refractivity contribution < 1.29 is 23.3 Å². The summed E-state index contributed by atoms with van der Waals surface area (Å²) in [6, 6.07) is 19.7. The molecule has 1 saturated heterocycles. The first-order chi connectivity index (χ1) is 20.3. The van der Waals surface area contributed by atoms with Gasteiger partial charge in [-0.05, 0) is 55.0 Å². The molecule has 0 radical (unpaired) electrons. The average Bonchev–Trinajstić information content (AvgIpc) is 3.66. The predicted octanol–water partition coefficient (Wildman–Crippen LogP) is 5.19. The van der Waals surface area contributed by atoms with Crippen LogP contribution in [0.4, 0.5) is 15.8 Å². The van der Waals surface area contributed by atoms with Gasteiger partial charge in [0.1, 0.15) is 11.6 Å². The largest absolute Gasteiger partial charge is 0.454 e. The van der Waals surface area contributed by atoms with Crippen molar-refractivity contribution in [3.63, 3.8) is 0 Å². The predicted molar refractivity (Wildman–Crippen MR) is 155 cm³/mol. The summed E-state index contributed by atoms with van der Waals surface area (Å²) in [4.78, 5) is 42.2. The van der Waals surface area contributed by atoms with Gasteiger partial charge in [-0.3, -0.25) is 19.7 Å². The van der Waals surface area contributed by atoms with E-state index < -0.39 is 10.7 Å². The fraction of sp³-hybridized carbons (Fsp3) is 0.290. The summed E-state index contributed by atoms with van der Waals surface area (Å²) in [6.45, 7) is 5.32. The van der Waals surface area contributed by atoms with Gasteiger partial charge < -0.3 is 23.7 Å². The van der Waals surface area contributed by atoms with Gasteiger partial charge in [0.15, 0.2) is 5.76 Å². The quantitative estimate of drug-likeness (QED) is 0.191. The number of hydrogen-bond acceptors (Lipinski definition) is 6. The van der Waals surface area contributed by atoms with E-state index in [9.17, 15) is 24.1 Å². The Morgan fingerprint density at radius 2 is 1.71 bits per heavy atom. The summed E-state index contributed by atoms with van der Waals surface area (Å²) < 4.78 is 22.2. The number of halogens is 1. The van der Waals surface area contributed by atoms with E-state index in [1.54, 1.807) is 46.2 Å². The van der Waals surface area contributed by atoms with Crippen molar-refractivity contribution in [1.82, 2.24) is 14.4 Å². The SMILES string of the molecule is CCCN(Cc1cccn1Cc1ccc(C(=O)N2CCN(c3ccc([N+](=O)[O-])cc3)CC2)o1)C(=O)c1ccccc1F. The third kappa shape index (κ3) is 6.35. The molecule has 42 heavy (non-hydrogen) atoms. The number of nitro groups is 1. The summed E-state index contributed by atoms with van der Waals surface area (Å²) in [5.74, 6) is -0.239. The zero-order valence-corrected chi connectivity index (χ0v) is 23.3. The zero-order valence-electron chi connectivity index (χ0n) is 23.3. The van der Waals surface area contributed by atoms with E-state index in [1.165, 1.54) is 24.3 Å². The van der Waals surface area contributed by atoms with Gasteiger partial charge in [-0.2, -0.15) is 0 Å². The van der Waals surface area contributed by atoms with Crippen molar-refractivity contribution in [1.29, 1.82) is 0 Å². The van der Waals surface area contributed by atoms with Crippen LogP contribution in [-0.2, 0) is 13.1 Å². The number of piperazine rings is 1. The van der Waals surface area contributed by atoms with Crippen molar-refractivity contribution >= 4 is 23.2 Å². The minimum atomic E-state index is -0.542. The molecule has 2 aromatic heterocycles. The monoisotopic (exact) mass is 573 g/mol. The highest BCUT2D eigenvalue weighted by atomic mass is 19.1. The molecule has 0 bridgehead atoms. The molecule has 2 aromatic carbocycles. The third-order valence-electron chi connectivity index (χ3n) is 7.35. The van der Waals surface area contributed by atoms with Crippen LogP contribution >= 0.6 is 0 Å². The van der Waals surface area contributed by atoms with E-state index in [2.05, 4.69) is 4.90 Å². The van der Waals surface area contributed by atoms with Crippen LogP contribution in [0.1, 0.15) is 45.7 Å². The van der Waals surface area contributed by atoms with Crippen LogP contribution in [0.2, 0.25) is 0 Å². The first kappa shape index (κ1) is 28.6.